The molecule has 3 nitrogen and oxygen atoms in total. The number of carbonyl (C=O) groups is 1. The maximum Gasteiger partial charge on any atom is 0.317 e. The van der Waals surface area contributed by atoms with Gasteiger partial charge in [0, 0.05) is 21.6 Å². The molecule has 0 aliphatic rings. The van der Waals surface area contributed by atoms with Crippen molar-refractivity contribution in [3.05, 3.63) is 33.3 Å². The van der Waals surface area contributed by atoms with Crippen molar-refractivity contribution in [3.63, 3.8) is 0 Å². The van der Waals surface area contributed by atoms with Crippen molar-refractivity contribution in [1.29, 1.82) is 0 Å². The summed E-state index contributed by atoms with van der Waals surface area (Å²) in [6.45, 7) is 6.48. The fourth-order valence-electron chi connectivity index (χ4n) is 1.55. The molecule has 0 bridgehead atoms. The molecule has 1 N–H and O–H groups in total. The van der Waals surface area contributed by atoms with Gasteiger partial charge in [-0.2, -0.15) is 0 Å². The number of aliphatic carboxylic acids is 1. The quantitative estimate of drug-likeness (QED) is 0.911. The number of rotatable bonds is 4. The summed E-state index contributed by atoms with van der Waals surface area (Å²) in [6, 6.07) is 5.63. The van der Waals surface area contributed by atoms with E-state index in [0.29, 0.717) is 11.6 Å². The Balaban J connectivity index is 2.92. The van der Waals surface area contributed by atoms with Gasteiger partial charge in [0.2, 0.25) is 0 Å². The maximum absolute atomic E-state index is 10.9. The van der Waals surface area contributed by atoms with Gasteiger partial charge in [0.25, 0.3) is 0 Å². The second-order valence-corrected chi connectivity index (χ2v) is 6.48. The van der Waals surface area contributed by atoms with Crippen LogP contribution in [-0.2, 0) is 11.3 Å². The van der Waals surface area contributed by atoms with Gasteiger partial charge in [-0.15, -0.1) is 0 Å². The van der Waals surface area contributed by atoms with Crippen LogP contribution in [0.4, 0.5) is 0 Å². The number of hydrogen-bond donors (Lipinski definition) is 1. The standard InChI is InChI=1S/C13H17BrClNO2/c1-13(2,3)16(8-12(17)18)7-9-4-5-10(14)6-11(9)15/h4-6H,7-8H2,1-3H3,(H,17,18). The Hall–Kier alpha value is -0.580. The number of halogens is 2. The molecule has 0 saturated carbocycles. The Morgan fingerprint density at radius 1 is 1.44 bits per heavy atom. The lowest BCUT2D eigenvalue weighted by Crippen LogP contribution is -2.43. The second kappa shape index (κ2) is 6.04. The molecule has 0 aromatic heterocycles. The summed E-state index contributed by atoms with van der Waals surface area (Å²) in [4.78, 5) is 12.8. The van der Waals surface area contributed by atoms with Crippen molar-refractivity contribution >= 4 is 33.5 Å². The van der Waals surface area contributed by atoms with Gasteiger partial charge in [-0.25, -0.2) is 0 Å². The third kappa shape index (κ3) is 4.59. The highest BCUT2D eigenvalue weighted by Crippen LogP contribution is 2.25. The normalized spacial score (nSPS) is 11.9. The van der Waals surface area contributed by atoms with Crippen molar-refractivity contribution in [2.24, 2.45) is 0 Å². The third-order valence-corrected chi connectivity index (χ3v) is 3.50. The topological polar surface area (TPSA) is 40.5 Å². The average Bonchev–Trinajstić information content (AvgIpc) is 2.18. The summed E-state index contributed by atoms with van der Waals surface area (Å²) in [5.41, 5.74) is 0.700. The van der Waals surface area contributed by atoms with Gasteiger partial charge in [-0.3, -0.25) is 9.69 Å². The van der Waals surface area contributed by atoms with Crippen molar-refractivity contribution in [1.82, 2.24) is 4.90 Å². The van der Waals surface area contributed by atoms with Crippen molar-refractivity contribution in [2.45, 2.75) is 32.9 Å². The van der Waals surface area contributed by atoms with E-state index in [1.807, 2.05) is 43.9 Å². The Labute approximate surface area is 121 Å². The predicted molar refractivity (Wildman–Crippen MR) is 77.0 cm³/mol. The van der Waals surface area contributed by atoms with E-state index in [-0.39, 0.29) is 12.1 Å². The van der Waals surface area contributed by atoms with Crippen LogP contribution in [0.5, 0.6) is 0 Å². The van der Waals surface area contributed by atoms with E-state index in [1.54, 1.807) is 0 Å². The molecule has 0 amide bonds. The van der Waals surface area contributed by atoms with E-state index in [4.69, 9.17) is 16.7 Å². The molecule has 100 valence electrons. The number of carboxylic acid groups (broad SMARTS) is 1. The Morgan fingerprint density at radius 2 is 2.06 bits per heavy atom. The molecular formula is C13H17BrClNO2. The second-order valence-electron chi connectivity index (χ2n) is 5.16. The summed E-state index contributed by atoms with van der Waals surface area (Å²) >= 11 is 9.51. The molecule has 0 heterocycles. The Kier molecular flexibility index (Phi) is 5.20. The van der Waals surface area contributed by atoms with Gasteiger partial charge in [-0.1, -0.05) is 33.6 Å². The summed E-state index contributed by atoms with van der Waals surface area (Å²) in [7, 11) is 0. The van der Waals surface area contributed by atoms with E-state index >= 15 is 0 Å². The minimum Gasteiger partial charge on any atom is -0.480 e. The molecule has 1 rings (SSSR count). The molecule has 0 unspecified atom stereocenters. The van der Waals surface area contributed by atoms with E-state index < -0.39 is 5.97 Å². The summed E-state index contributed by atoms with van der Waals surface area (Å²) < 4.78 is 0.914. The smallest absolute Gasteiger partial charge is 0.317 e. The Morgan fingerprint density at radius 3 is 2.50 bits per heavy atom. The first-order chi connectivity index (χ1) is 8.20. The van der Waals surface area contributed by atoms with E-state index in [1.165, 1.54) is 0 Å². The number of benzene rings is 1. The zero-order valence-corrected chi connectivity index (χ0v) is 13.0. The molecule has 1 aromatic rings. The molecule has 0 fully saturated rings. The fourth-order valence-corrected chi connectivity index (χ4v) is 2.28. The lowest BCUT2D eigenvalue weighted by atomic mass is 10.0. The van der Waals surface area contributed by atoms with Crippen molar-refractivity contribution in [2.75, 3.05) is 6.54 Å². The highest BCUT2D eigenvalue weighted by Gasteiger charge is 2.24. The van der Waals surface area contributed by atoms with Gasteiger partial charge >= 0.3 is 5.97 Å². The maximum atomic E-state index is 10.9. The molecule has 0 radical (unpaired) electrons. The number of hydrogen-bond acceptors (Lipinski definition) is 2. The van der Waals surface area contributed by atoms with E-state index in [2.05, 4.69) is 15.9 Å². The van der Waals surface area contributed by atoms with Crippen LogP contribution in [-0.4, -0.2) is 28.1 Å². The Bertz CT molecular complexity index is 443. The first kappa shape index (κ1) is 15.5. The lowest BCUT2D eigenvalue weighted by molar-refractivity contribution is -0.139. The first-order valence-electron chi connectivity index (χ1n) is 5.61. The van der Waals surface area contributed by atoms with Crippen LogP contribution in [0.2, 0.25) is 5.02 Å². The van der Waals surface area contributed by atoms with Crippen LogP contribution in [0.3, 0.4) is 0 Å². The van der Waals surface area contributed by atoms with Gasteiger partial charge in [0.15, 0.2) is 0 Å². The molecule has 0 spiro atoms. The van der Waals surface area contributed by atoms with Crippen LogP contribution in [0, 0.1) is 0 Å². The molecule has 0 aliphatic heterocycles. The SMILES string of the molecule is CC(C)(C)N(CC(=O)O)Cc1ccc(Br)cc1Cl. The van der Waals surface area contributed by atoms with Crippen LogP contribution in [0.25, 0.3) is 0 Å². The van der Waals surface area contributed by atoms with E-state index in [9.17, 15) is 4.79 Å². The van der Waals surface area contributed by atoms with E-state index in [0.717, 1.165) is 10.0 Å². The van der Waals surface area contributed by atoms with Gasteiger partial charge in [0.1, 0.15) is 0 Å². The van der Waals surface area contributed by atoms with Crippen LogP contribution >= 0.6 is 27.5 Å². The monoisotopic (exact) mass is 333 g/mol. The minimum atomic E-state index is -0.835. The largest absolute Gasteiger partial charge is 0.480 e. The average molecular weight is 335 g/mol. The molecule has 0 atom stereocenters. The molecule has 18 heavy (non-hydrogen) atoms. The molecule has 5 heteroatoms. The molecule has 1 aromatic carbocycles. The lowest BCUT2D eigenvalue weighted by Gasteiger charge is -2.34. The van der Waals surface area contributed by atoms with Crippen LogP contribution < -0.4 is 0 Å². The number of carboxylic acids is 1. The van der Waals surface area contributed by atoms with Crippen molar-refractivity contribution < 1.29 is 9.90 Å². The van der Waals surface area contributed by atoms with Gasteiger partial charge < -0.3 is 5.11 Å². The summed E-state index contributed by atoms with van der Waals surface area (Å²) in [6.07, 6.45) is 0. The van der Waals surface area contributed by atoms with Crippen LogP contribution in [0.1, 0.15) is 26.3 Å². The number of nitrogens with zero attached hydrogens (tertiary/aromatic N) is 1. The van der Waals surface area contributed by atoms with Crippen molar-refractivity contribution in [3.8, 4) is 0 Å². The molecule has 0 aliphatic carbocycles. The highest BCUT2D eigenvalue weighted by atomic mass is 79.9. The van der Waals surface area contributed by atoms with Gasteiger partial charge in [0.05, 0.1) is 6.54 Å². The first-order valence-corrected chi connectivity index (χ1v) is 6.78. The van der Waals surface area contributed by atoms with Crippen LogP contribution in [0.15, 0.2) is 22.7 Å². The minimum absolute atomic E-state index is 0.00407. The third-order valence-electron chi connectivity index (χ3n) is 2.65. The summed E-state index contributed by atoms with van der Waals surface area (Å²) in [5, 5.41) is 9.60. The zero-order chi connectivity index (χ0) is 13.9. The molecular weight excluding hydrogens is 318 g/mol. The fraction of sp³-hybridized carbons (Fsp3) is 0.462. The van der Waals surface area contributed by atoms with Gasteiger partial charge in [-0.05, 0) is 38.5 Å². The zero-order valence-electron chi connectivity index (χ0n) is 10.7. The highest BCUT2D eigenvalue weighted by molar-refractivity contribution is 9.10. The molecule has 0 saturated heterocycles. The summed E-state index contributed by atoms with van der Waals surface area (Å²) in [5.74, 6) is -0.835. The predicted octanol–water partition coefficient (Wildman–Crippen LogP) is 3.79.